The van der Waals surface area contributed by atoms with Crippen LogP contribution in [0.4, 0.5) is 4.39 Å². The first-order valence-corrected chi connectivity index (χ1v) is 6.74. The van der Waals surface area contributed by atoms with Crippen molar-refractivity contribution in [1.82, 2.24) is 14.7 Å². The molecule has 1 aromatic carbocycles. The van der Waals surface area contributed by atoms with E-state index in [-0.39, 0.29) is 30.2 Å². The van der Waals surface area contributed by atoms with Crippen molar-refractivity contribution in [3.8, 4) is 5.69 Å². The molecule has 0 aliphatic heterocycles. The Bertz CT molecular complexity index is 659. The average Bonchev–Trinajstić information content (AvgIpc) is 2.87. The number of amides is 1. The monoisotopic (exact) mass is 326 g/mol. The molecule has 0 aliphatic carbocycles. The molecule has 1 atom stereocenters. The van der Waals surface area contributed by atoms with E-state index in [9.17, 15) is 9.18 Å². The lowest BCUT2D eigenvalue weighted by Gasteiger charge is -2.23. The molecule has 1 unspecified atom stereocenters. The maximum atomic E-state index is 13.8. The van der Waals surface area contributed by atoms with Gasteiger partial charge in [-0.15, -0.1) is 12.4 Å². The van der Waals surface area contributed by atoms with Crippen LogP contribution in [0.25, 0.3) is 5.69 Å². The van der Waals surface area contributed by atoms with E-state index < -0.39 is 0 Å². The molecular weight excluding hydrogens is 307 g/mol. The summed E-state index contributed by atoms with van der Waals surface area (Å²) in [6, 6.07) is 6.24. The van der Waals surface area contributed by atoms with Crippen LogP contribution in [0, 0.1) is 12.7 Å². The van der Waals surface area contributed by atoms with E-state index in [1.165, 1.54) is 16.9 Å². The number of para-hydroxylation sites is 1. The summed E-state index contributed by atoms with van der Waals surface area (Å²) in [7, 11) is 1.69. The van der Waals surface area contributed by atoms with Crippen molar-refractivity contribution in [3.05, 3.63) is 47.5 Å². The van der Waals surface area contributed by atoms with Gasteiger partial charge in [-0.1, -0.05) is 12.1 Å². The van der Waals surface area contributed by atoms with Crippen molar-refractivity contribution in [2.45, 2.75) is 19.9 Å². The largest absolute Gasteiger partial charge is 0.338 e. The number of carbonyl (C=O) groups is 1. The zero-order valence-electron chi connectivity index (χ0n) is 12.8. The van der Waals surface area contributed by atoms with Gasteiger partial charge in [-0.25, -0.2) is 9.07 Å². The maximum Gasteiger partial charge on any atom is 0.257 e. The normalized spacial score (nSPS) is 11.7. The summed E-state index contributed by atoms with van der Waals surface area (Å²) < 4.78 is 15.3. The molecule has 2 N–H and O–H groups in total. The van der Waals surface area contributed by atoms with Crippen LogP contribution < -0.4 is 5.73 Å². The van der Waals surface area contributed by atoms with Crippen LogP contribution in [0.3, 0.4) is 0 Å². The summed E-state index contributed by atoms with van der Waals surface area (Å²) in [5.74, 6) is -0.556. The number of halogens is 2. The molecule has 0 bridgehead atoms. The second kappa shape index (κ2) is 7.38. The molecule has 2 rings (SSSR count). The highest BCUT2D eigenvalue weighted by Crippen LogP contribution is 2.18. The molecule has 5 nitrogen and oxygen atoms in total. The minimum absolute atomic E-state index is 0. The van der Waals surface area contributed by atoms with Crippen LogP contribution in [0.15, 0.2) is 30.5 Å². The van der Waals surface area contributed by atoms with Crippen molar-refractivity contribution in [2.24, 2.45) is 5.73 Å². The Kier molecular flexibility index (Phi) is 6.08. The van der Waals surface area contributed by atoms with Crippen LogP contribution in [-0.2, 0) is 0 Å². The standard InChI is InChI=1S/C15H19FN4O.ClH/c1-10(8-17)19(3)15(21)12-9-18-20(11(12)2)14-7-5-4-6-13(14)16;/h4-7,9-10H,8,17H2,1-3H3;1H. The first-order valence-electron chi connectivity index (χ1n) is 6.74. The number of rotatable bonds is 4. The van der Waals surface area contributed by atoms with E-state index in [1.54, 1.807) is 37.1 Å². The number of nitrogens with zero attached hydrogens (tertiary/aromatic N) is 3. The molecule has 0 radical (unpaired) electrons. The Balaban J connectivity index is 0.00000242. The molecule has 0 saturated heterocycles. The SMILES string of the molecule is Cc1c(C(=O)N(C)C(C)CN)cnn1-c1ccccc1F.Cl. The van der Waals surface area contributed by atoms with Crippen LogP contribution in [-0.4, -0.2) is 40.2 Å². The minimum atomic E-state index is -0.383. The van der Waals surface area contributed by atoms with E-state index in [0.29, 0.717) is 23.5 Å². The van der Waals surface area contributed by atoms with Gasteiger partial charge in [-0.05, 0) is 26.0 Å². The number of hydrogen-bond donors (Lipinski definition) is 1. The van der Waals surface area contributed by atoms with E-state index in [4.69, 9.17) is 5.73 Å². The molecule has 1 aromatic heterocycles. The fourth-order valence-electron chi connectivity index (χ4n) is 2.03. The first-order chi connectivity index (χ1) is 9.97. The summed E-state index contributed by atoms with van der Waals surface area (Å²) in [6.07, 6.45) is 1.46. The highest BCUT2D eigenvalue weighted by atomic mass is 35.5. The Hall–Kier alpha value is -1.92. The Morgan fingerprint density at radius 3 is 2.68 bits per heavy atom. The van der Waals surface area contributed by atoms with Gasteiger partial charge in [0, 0.05) is 19.6 Å². The van der Waals surface area contributed by atoms with Gasteiger partial charge in [0.15, 0.2) is 0 Å². The van der Waals surface area contributed by atoms with E-state index in [0.717, 1.165) is 0 Å². The topological polar surface area (TPSA) is 64.2 Å². The van der Waals surface area contributed by atoms with Gasteiger partial charge in [-0.3, -0.25) is 4.79 Å². The second-order valence-corrected chi connectivity index (χ2v) is 5.01. The summed E-state index contributed by atoms with van der Waals surface area (Å²) in [6.45, 7) is 3.99. The van der Waals surface area contributed by atoms with Crippen LogP contribution >= 0.6 is 12.4 Å². The number of likely N-dealkylation sites (N-methyl/N-ethyl adjacent to an activating group) is 1. The minimum Gasteiger partial charge on any atom is -0.338 e. The third-order valence-corrected chi connectivity index (χ3v) is 3.64. The summed E-state index contributed by atoms with van der Waals surface area (Å²) in [5, 5.41) is 4.13. The third-order valence-electron chi connectivity index (χ3n) is 3.64. The summed E-state index contributed by atoms with van der Waals surface area (Å²) in [5.41, 5.74) is 6.95. The molecule has 0 fully saturated rings. The van der Waals surface area contributed by atoms with Crippen molar-refractivity contribution >= 4 is 18.3 Å². The average molecular weight is 327 g/mol. The predicted molar refractivity (Wildman–Crippen MR) is 86.1 cm³/mol. The van der Waals surface area contributed by atoms with Gasteiger partial charge < -0.3 is 10.6 Å². The summed E-state index contributed by atoms with van der Waals surface area (Å²) >= 11 is 0. The Morgan fingerprint density at radius 2 is 2.09 bits per heavy atom. The van der Waals surface area contributed by atoms with Crippen LogP contribution in [0.5, 0.6) is 0 Å². The molecule has 0 saturated carbocycles. The lowest BCUT2D eigenvalue weighted by atomic mass is 10.2. The Morgan fingerprint density at radius 1 is 1.45 bits per heavy atom. The van der Waals surface area contributed by atoms with Crippen LogP contribution in [0.2, 0.25) is 0 Å². The quantitative estimate of drug-likeness (QED) is 0.936. The number of hydrogen-bond acceptors (Lipinski definition) is 3. The lowest BCUT2D eigenvalue weighted by molar-refractivity contribution is 0.0747. The fraction of sp³-hybridized carbons (Fsp3) is 0.333. The molecule has 22 heavy (non-hydrogen) atoms. The molecular formula is C15H20ClFN4O. The van der Waals surface area contributed by atoms with E-state index in [1.807, 2.05) is 6.92 Å². The van der Waals surface area contributed by atoms with Gasteiger partial charge in [-0.2, -0.15) is 5.10 Å². The fourth-order valence-corrected chi connectivity index (χ4v) is 2.03. The van der Waals surface area contributed by atoms with E-state index >= 15 is 0 Å². The van der Waals surface area contributed by atoms with Gasteiger partial charge >= 0.3 is 0 Å². The summed E-state index contributed by atoms with van der Waals surface area (Å²) in [4.78, 5) is 14.0. The molecule has 1 amide bonds. The number of aromatic nitrogens is 2. The van der Waals surface area contributed by atoms with Crippen molar-refractivity contribution in [3.63, 3.8) is 0 Å². The molecule has 0 spiro atoms. The van der Waals surface area contributed by atoms with Crippen molar-refractivity contribution in [2.75, 3.05) is 13.6 Å². The second-order valence-electron chi connectivity index (χ2n) is 5.01. The highest BCUT2D eigenvalue weighted by Gasteiger charge is 2.22. The molecule has 0 aliphatic rings. The van der Waals surface area contributed by atoms with Gasteiger partial charge in [0.2, 0.25) is 0 Å². The number of benzene rings is 1. The number of carbonyl (C=O) groups excluding carboxylic acids is 1. The van der Waals surface area contributed by atoms with Crippen LogP contribution in [0.1, 0.15) is 23.0 Å². The first kappa shape index (κ1) is 18.1. The molecule has 1 heterocycles. The highest BCUT2D eigenvalue weighted by molar-refractivity contribution is 5.95. The maximum absolute atomic E-state index is 13.8. The van der Waals surface area contributed by atoms with Crippen molar-refractivity contribution in [1.29, 1.82) is 0 Å². The molecule has 7 heteroatoms. The zero-order chi connectivity index (χ0) is 15.6. The molecule has 120 valence electrons. The smallest absolute Gasteiger partial charge is 0.257 e. The zero-order valence-corrected chi connectivity index (χ0v) is 13.6. The Labute approximate surface area is 135 Å². The molecule has 2 aromatic rings. The third kappa shape index (κ3) is 3.28. The number of nitrogens with two attached hydrogens (primary N) is 1. The van der Waals surface area contributed by atoms with E-state index in [2.05, 4.69) is 5.10 Å². The predicted octanol–water partition coefficient (Wildman–Crippen LogP) is 2.16. The van der Waals surface area contributed by atoms with Gasteiger partial charge in [0.1, 0.15) is 11.5 Å². The lowest BCUT2D eigenvalue weighted by Crippen LogP contribution is -2.39. The van der Waals surface area contributed by atoms with Crippen molar-refractivity contribution < 1.29 is 9.18 Å². The van der Waals surface area contributed by atoms with Gasteiger partial charge in [0.05, 0.1) is 17.5 Å². The van der Waals surface area contributed by atoms with Gasteiger partial charge in [0.25, 0.3) is 5.91 Å².